The molecule has 1 aromatic carbocycles. The molecular weight excluding hydrogens is 270 g/mol. The van der Waals surface area contributed by atoms with Crippen LogP contribution in [0.25, 0.3) is 6.08 Å². The van der Waals surface area contributed by atoms with E-state index in [2.05, 4.69) is 15.9 Å². The lowest BCUT2D eigenvalue weighted by Crippen LogP contribution is -2.10. The maximum atomic E-state index is 11.5. The fraction of sp³-hybridized carbons (Fsp3) is 0.250. The number of halogens is 1. The number of nitrogens with two attached hydrogens (primary N) is 1. The summed E-state index contributed by atoms with van der Waals surface area (Å²) in [6.07, 6.45) is 1.52. The van der Waals surface area contributed by atoms with Crippen molar-refractivity contribution in [2.75, 3.05) is 5.73 Å². The van der Waals surface area contributed by atoms with Gasteiger partial charge in [0, 0.05) is 5.69 Å². The molecule has 0 radical (unpaired) electrons. The van der Waals surface area contributed by atoms with E-state index in [0.717, 1.165) is 5.56 Å². The molecule has 0 atom stereocenters. The maximum Gasteiger partial charge on any atom is 0.345 e. The Morgan fingerprint density at radius 3 is 2.62 bits per heavy atom. The lowest BCUT2D eigenvalue weighted by molar-refractivity contribution is -0.141. The van der Waals surface area contributed by atoms with Crippen LogP contribution in [0.3, 0.4) is 0 Å². The first-order valence-corrected chi connectivity index (χ1v) is 5.72. The van der Waals surface area contributed by atoms with Crippen LogP contribution >= 0.6 is 15.9 Å². The Morgan fingerprint density at radius 2 is 2.06 bits per heavy atom. The lowest BCUT2D eigenvalue weighted by atomic mass is 10.2. The molecular formula is C12H14BrNO2. The number of hydrogen-bond acceptors (Lipinski definition) is 3. The van der Waals surface area contributed by atoms with E-state index >= 15 is 0 Å². The number of carbonyl (C=O) groups is 1. The smallest absolute Gasteiger partial charge is 0.345 e. The zero-order valence-electron chi connectivity index (χ0n) is 9.24. The van der Waals surface area contributed by atoms with Gasteiger partial charge in [0.2, 0.25) is 0 Å². The molecule has 86 valence electrons. The average molecular weight is 284 g/mol. The molecule has 0 fully saturated rings. The topological polar surface area (TPSA) is 52.3 Å². The number of carbonyl (C=O) groups excluding carboxylic acids is 1. The largest absolute Gasteiger partial charge is 0.459 e. The average Bonchev–Trinajstić information content (AvgIpc) is 2.20. The van der Waals surface area contributed by atoms with Crippen LogP contribution in [0.15, 0.2) is 28.7 Å². The van der Waals surface area contributed by atoms with Gasteiger partial charge in [0.05, 0.1) is 6.10 Å². The van der Waals surface area contributed by atoms with E-state index in [9.17, 15) is 4.79 Å². The van der Waals surface area contributed by atoms with Crippen molar-refractivity contribution >= 4 is 33.7 Å². The SMILES string of the molecule is CC(C)OC(=O)/C(Br)=C/c1ccccc1N. The maximum absolute atomic E-state index is 11.5. The monoisotopic (exact) mass is 283 g/mol. The molecule has 4 heteroatoms. The highest BCUT2D eigenvalue weighted by molar-refractivity contribution is 9.12. The second-order valence-electron chi connectivity index (χ2n) is 3.58. The summed E-state index contributed by atoms with van der Waals surface area (Å²) in [4.78, 5) is 11.5. The highest BCUT2D eigenvalue weighted by Gasteiger charge is 2.10. The van der Waals surface area contributed by atoms with Crippen LogP contribution in [0.4, 0.5) is 5.69 Å². The second kappa shape index (κ2) is 5.70. The minimum absolute atomic E-state index is 0.137. The van der Waals surface area contributed by atoms with Gasteiger partial charge in [-0.15, -0.1) is 0 Å². The molecule has 0 aliphatic heterocycles. The van der Waals surface area contributed by atoms with Crippen LogP contribution in [-0.2, 0) is 9.53 Å². The van der Waals surface area contributed by atoms with Gasteiger partial charge < -0.3 is 10.5 Å². The van der Waals surface area contributed by atoms with Crippen LogP contribution in [0.1, 0.15) is 19.4 Å². The summed E-state index contributed by atoms with van der Waals surface area (Å²) >= 11 is 3.17. The summed E-state index contributed by atoms with van der Waals surface area (Å²) in [5.41, 5.74) is 7.16. The molecule has 0 aliphatic rings. The molecule has 0 aromatic heterocycles. The summed E-state index contributed by atoms with van der Waals surface area (Å²) in [5, 5.41) is 0. The number of nitrogen functional groups attached to an aromatic ring is 1. The Labute approximate surface area is 103 Å². The Balaban J connectivity index is 2.85. The number of rotatable bonds is 3. The van der Waals surface area contributed by atoms with Crippen molar-refractivity contribution in [1.29, 1.82) is 0 Å². The Bertz CT molecular complexity index is 413. The van der Waals surface area contributed by atoms with Gasteiger partial charge in [-0.1, -0.05) is 18.2 Å². The van der Waals surface area contributed by atoms with Gasteiger partial charge in [0.1, 0.15) is 4.48 Å². The van der Waals surface area contributed by atoms with Crippen LogP contribution in [0.5, 0.6) is 0 Å². The minimum Gasteiger partial charge on any atom is -0.459 e. The van der Waals surface area contributed by atoms with E-state index in [-0.39, 0.29) is 6.10 Å². The van der Waals surface area contributed by atoms with Crippen molar-refractivity contribution < 1.29 is 9.53 Å². The molecule has 0 bridgehead atoms. The van der Waals surface area contributed by atoms with Gasteiger partial charge in [0.15, 0.2) is 0 Å². The predicted molar refractivity (Wildman–Crippen MR) is 69.0 cm³/mol. The van der Waals surface area contributed by atoms with Gasteiger partial charge >= 0.3 is 5.97 Å². The molecule has 0 saturated carbocycles. The fourth-order valence-electron chi connectivity index (χ4n) is 1.11. The first-order chi connectivity index (χ1) is 7.50. The summed E-state index contributed by atoms with van der Waals surface area (Å²) in [6, 6.07) is 7.31. The quantitative estimate of drug-likeness (QED) is 0.527. The molecule has 2 N–H and O–H groups in total. The van der Waals surface area contributed by atoms with Crippen molar-refractivity contribution in [2.45, 2.75) is 20.0 Å². The number of benzene rings is 1. The number of para-hydroxylation sites is 1. The predicted octanol–water partition coefficient (Wildman–Crippen LogP) is 2.96. The molecule has 0 heterocycles. The third-order valence-electron chi connectivity index (χ3n) is 1.82. The molecule has 0 spiro atoms. The molecule has 1 aromatic rings. The minimum atomic E-state index is -0.391. The summed E-state index contributed by atoms with van der Waals surface area (Å²) in [6.45, 7) is 3.60. The van der Waals surface area contributed by atoms with Crippen LogP contribution in [0, 0.1) is 0 Å². The van der Waals surface area contributed by atoms with Gasteiger partial charge in [0.25, 0.3) is 0 Å². The van der Waals surface area contributed by atoms with E-state index in [0.29, 0.717) is 10.2 Å². The zero-order chi connectivity index (χ0) is 12.1. The standard InChI is InChI=1S/C12H14BrNO2/c1-8(2)16-12(15)10(13)7-9-5-3-4-6-11(9)14/h3-8H,14H2,1-2H3/b10-7-. The van der Waals surface area contributed by atoms with Crippen LogP contribution in [0.2, 0.25) is 0 Å². The van der Waals surface area contributed by atoms with E-state index in [1.165, 1.54) is 0 Å². The fourth-order valence-corrected chi connectivity index (χ4v) is 1.45. The number of ether oxygens (including phenoxy) is 1. The van der Waals surface area contributed by atoms with Crippen molar-refractivity contribution in [1.82, 2.24) is 0 Å². The van der Waals surface area contributed by atoms with Crippen molar-refractivity contribution in [3.63, 3.8) is 0 Å². The van der Waals surface area contributed by atoms with Gasteiger partial charge in [-0.2, -0.15) is 0 Å². The number of esters is 1. The molecule has 0 amide bonds. The normalized spacial score (nSPS) is 11.6. The Kier molecular flexibility index (Phi) is 4.55. The molecule has 3 nitrogen and oxygen atoms in total. The van der Waals surface area contributed by atoms with E-state index < -0.39 is 5.97 Å². The highest BCUT2D eigenvalue weighted by atomic mass is 79.9. The van der Waals surface area contributed by atoms with Gasteiger partial charge in [-0.05, 0) is 47.5 Å². The first kappa shape index (κ1) is 12.8. The van der Waals surface area contributed by atoms with Crippen molar-refractivity contribution in [3.05, 3.63) is 34.3 Å². The Morgan fingerprint density at radius 1 is 1.44 bits per heavy atom. The van der Waals surface area contributed by atoms with E-state index in [4.69, 9.17) is 10.5 Å². The number of hydrogen-bond donors (Lipinski definition) is 1. The summed E-state index contributed by atoms with van der Waals surface area (Å²) < 4.78 is 5.39. The van der Waals surface area contributed by atoms with Crippen LogP contribution in [-0.4, -0.2) is 12.1 Å². The van der Waals surface area contributed by atoms with E-state index in [1.807, 2.05) is 18.2 Å². The van der Waals surface area contributed by atoms with E-state index in [1.54, 1.807) is 26.0 Å². The summed E-state index contributed by atoms with van der Waals surface area (Å²) in [7, 11) is 0. The number of anilines is 1. The molecule has 1 rings (SSSR count). The lowest BCUT2D eigenvalue weighted by Gasteiger charge is -2.07. The van der Waals surface area contributed by atoms with Gasteiger partial charge in [-0.25, -0.2) is 4.79 Å². The molecule has 0 unspecified atom stereocenters. The van der Waals surface area contributed by atoms with Gasteiger partial charge in [-0.3, -0.25) is 0 Å². The van der Waals surface area contributed by atoms with Crippen LogP contribution < -0.4 is 5.73 Å². The third-order valence-corrected chi connectivity index (χ3v) is 2.37. The Hall–Kier alpha value is -1.29. The molecule has 16 heavy (non-hydrogen) atoms. The molecule has 0 saturated heterocycles. The van der Waals surface area contributed by atoms with Crippen molar-refractivity contribution in [2.24, 2.45) is 0 Å². The zero-order valence-corrected chi connectivity index (χ0v) is 10.8. The summed E-state index contributed by atoms with van der Waals surface area (Å²) in [5.74, 6) is -0.391. The molecule has 0 aliphatic carbocycles. The second-order valence-corrected chi connectivity index (χ2v) is 4.43. The first-order valence-electron chi connectivity index (χ1n) is 4.93. The van der Waals surface area contributed by atoms with Crippen molar-refractivity contribution in [3.8, 4) is 0 Å². The third kappa shape index (κ3) is 3.70. The highest BCUT2D eigenvalue weighted by Crippen LogP contribution is 2.19.